The lowest BCUT2D eigenvalue weighted by molar-refractivity contribution is -0.132. The van der Waals surface area contributed by atoms with Crippen LogP contribution in [0, 0.1) is 0 Å². The number of ether oxygens (including phenoxy) is 3. The molecule has 0 N–H and O–H groups in total. The third kappa shape index (κ3) is 5.21. The number of sulfonamides is 1. The van der Waals surface area contributed by atoms with E-state index in [9.17, 15) is 13.2 Å². The quantitative estimate of drug-likeness (QED) is 0.568. The summed E-state index contributed by atoms with van der Waals surface area (Å²) in [5.74, 6) is 1.53. The number of methoxy groups -OCH3 is 2. The molecule has 2 aromatic rings. The average molecular weight is 489 g/mol. The largest absolute Gasteiger partial charge is 0.497 e. The lowest BCUT2D eigenvalue weighted by Gasteiger charge is -2.27. The van der Waals surface area contributed by atoms with Gasteiger partial charge in [0.2, 0.25) is 15.9 Å². The van der Waals surface area contributed by atoms with E-state index in [4.69, 9.17) is 14.2 Å². The lowest BCUT2D eigenvalue weighted by atomic mass is 10.0. The number of aryl methyl sites for hydroxylation is 1. The normalized spacial score (nSPS) is 19.2. The summed E-state index contributed by atoms with van der Waals surface area (Å²) in [4.78, 5) is 15.3. The zero-order valence-corrected chi connectivity index (χ0v) is 20.6. The summed E-state index contributed by atoms with van der Waals surface area (Å²) in [5.41, 5.74) is 1.93. The fourth-order valence-electron chi connectivity index (χ4n) is 4.64. The molecule has 0 aliphatic carbocycles. The molecule has 0 unspecified atom stereocenters. The van der Waals surface area contributed by atoms with E-state index in [1.54, 1.807) is 38.5 Å². The molecule has 0 bridgehead atoms. The second kappa shape index (κ2) is 10.8. The zero-order valence-electron chi connectivity index (χ0n) is 19.7. The number of hydrogen-bond acceptors (Lipinski definition) is 6. The SMILES string of the molecule is COc1ccc([C@@H]2CCCN2C(=O)CCc2ccc(S(=O)(=O)N3CCOCC3)cc2)c(OC)c1. The minimum atomic E-state index is -3.52. The lowest BCUT2D eigenvalue weighted by Crippen LogP contribution is -2.40. The van der Waals surface area contributed by atoms with Gasteiger partial charge in [-0.05, 0) is 49.1 Å². The number of morpholine rings is 1. The van der Waals surface area contributed by atoms with Crippen molar-refractivity contribution in [1.82, 2.24) is 9.21 Å². The van der Waals surface area contributed by atoms with Crippen molar-refractivity contribution in [2.24, 2.45) is 0 Å². The molecule has 2 fully saturated rings. The van der Waals surface area contributed by atoms with Gasteiger partial charge in [-0.3, -0.25) is 4.79 Å². The summed E-state index contributed by atoms with van der Waals surface area (Å²) >= 11 is 0. The predicted octanol–water partition coefficient (Wildman–Crippen LogP) is 3.02. The Morgan fingerprint density at radius 2 is 1.76 bits per heavy atom. The van der Waals surface area contributed by atoms with Crippen LogP contribution >= 0.6 is 0 Å². The molecule has 34 heavy (non-hydrogen) atoms. The Kier molecular flexibility index (Phi) is 7.75. The Hall–Kier alpha value is -2.62. The first-order chi connectivity index (χ1) is 16.4. The molecule has 0 aromatic heterocycles. The molecule has 2 heterocycles. The van der Waals surface area contributed by atoms with Crippen molar-refractivity contribution in [3.63, 3.8) is 0 Å². The Morgan fingerprint density at radius 3 is 2.44 bits per heavy atom. The third-order valence-corrected chi connectivity index (χ3v) is 8.44. The Balaban J connectivity index is 1.39. The molecule has 2 aliphatic heterocycles. The second-order valence-corrected chi connectivity index (χ2v) is 10.5. The number of hydrogen-bond donors (Lipinski definition) is 0. The molecule has 1 atom stereocenters. The molecule has 0 saturated carbocycles. The van der Waals surface area contributed by atoms with E-state index in [-0.39, 0.29) is 16.8 Å². The molecule has 0 spiro atoms. The summed E-state index contributed by atoms with van der Waals surface area (Å²) in [5, 5.41) is 0. The van der Waals surface area contributed by atoms with Crippen LogP contribution in [0.3, 0.4) is 0 Å². The highest BCUT2D eigenvalue weighted by atomic mass is 32.2. The van der Waals surface area contributed by atoms with E-state index in [0.29, 0.717) is 39.1 Å². The second-order valence-electron chi connectivity index (χ2n) is 8.51. The number of amides is 1. The van der Waals surface area contributed by atoms with Crippen LogP contribution in [0.4, 0.5) is 0 Å². The minimum absolute atomic E-state index is 0.0191. The Bertz CT molecular complexity index is 1100. The van der Waals surface area contributed by atoms with Gasteiger partial charge in [0.15, 0.2) is 0 Å². The number of benzene rings is 2. The van der Waals surface area contributed by atoms with Crippen molar-refractivity contribution in [3.05, 3.63) is 53.6 Å². The number of nitrogens with zero attached hydrogens (tertiary/aromatic N) is 2. The van der Waals surface area contributed by atoms with Crippen LogP contribution in [0.5, 0.6) is 11.5 Å². The van der Waals surface area contributed by atoms with Gasteiger partial charge in [-0.1, -0.05) is 12.1 Å². The van der Waals surface area contributed by atoms with Crippen LogP contribution in [0.2, 0.25) is 0 Å². The molecule has 0 radical (unpaired) electrons. The highest BCUT2D eigenvalue weighted by Gasteiger charge is 2.32. The van der Waals surface area contributed by atoms with Crippen molar-refractivity contribution >= 4 is 15.9 Å². The summed E-state index contributed by atoms with van der Waals surface area (Å²) < 4.78 is 43.1. The van der Waals surface area contributed by atoms with Gasteiger partial charge in [-0.2, -0.15) is 4.31 Å². The highest BCUT2D eigenvalue weighted by Crippen LogP contribution is 2.39. The van der Waals surface area contributed by atoms with E-state index in [0.717, 1.165) is 42.0 Å². The molecule has 184 valence electrons. The maximum atomic E-state index is 13.1. The standard InChI is InChI=1S/C25H32N2O6S/c1-31-20-8-11-22(24(18-20)32-2)23-4-3-13-27(23)25(28)12-7-19-5-9-21(10-6-19)34(29,30)26-14-16-33-17-15-26/h5-6,8-11,18,23H,3-4,7,12-17H2,1-2H3/t23-/m0/s1. The average Bonchev–Trinajstić information content (AvgIpc) is 3.37. The van der Waals surface area contributed by atoms with E-state index < -0.39 is 10.0 Å². The van der Waals surface area contributed by atoms with Gasteiger partial charge in [0.05, 0.1) is 38.4 Å². The van der Waals surface area contributed by atoms with Gasteiger partial charge in [-0.15, -0.1) is 0 Å². The molecular weight excluding hydrogens is 456 g/mol. The molecule has 1 amide bonds. The van der Waals surface area contributed by atoms with E-state index in [2.05, 4.69) is 0 Å². The van der Waals surface area contributed by atoms with Crippen LogP contribution in [0.1, 0.15) is 36.4 Å². The molecule has 9 heteroatoms. The van der Waals surface area contributed by atoms with Gasteiger partial charge in [0, 0.05) is 37.7 Å². The molecular formula is C25H32N2O6S. The van der Waals surface area contributed by atoms with Crippen molar-refractivity contribution in [3.8, 4) is 11.5 Å². The smallest absolute Gasteiger partial charge is 0.243 e. The van der Waals surface area contributed by atoms with Crippen molar-refractivity contribution in [1.29, 1.82) is 0 Å². The molecule has 4 rings (SSSR count). The molecule has 8 nitrogen and oxygen atoms in total. The number of carbonyl (C=O) groups excluding carboxylic acids is 1. The van der Waals surface area contributed by atoms with Crippen molar-refractivity contribution in [2.45, 2.75) is 36.6 Å². The van der Waals surface area contributed by atoms with Gasteiger partial charge >= 0.3 is 0 Å². The summed E-state index contributed by atoms with van der Waals surface area (Å²) in [6, 6.07) is 12.6. The molecule has 2 aliphatic rings. The number of carbonyl (C=O) groups is 1. The van der Waals surface area contributed by atoms with Crippen molar-refractivity contribution < 1.29 is 27.4 Å². The fraction of sp³-hybridized carbons (Fsp3) is 0.480. The maximum absolute atomic E-state index is 13.1. The number of rotatable bonds is 8. The summed E-state index contributed by atoms with van der Waals surface area (Å²) in [6.07, 6.45) is 2.76. The van der Waals surface area contributed by atoms with Crippen LogP contribution in [-0.2, 0) is 26.0 Å². The summed E-state index contributed by atoms with van der Waals surface area (Å²) in [7, 11) is -0.273. The molecule has 2 saturated heterocycles. The maximum Gasteiger partial charge on any atom is 0.243 e. The van der Waals surface area contributed by atoms with Gasteiger partial charge in [0.1, 0.15) is 11.5 Å². The van der Waals surface area contributed by atoms with E-state index in [1.807, 2.05) is 23.1 Å². The zero-order chi connectivity index (χ0) is 24.1. The minimum Gasteiger partial charge on any atom is -0.497 e. The topological polar surface area (TPSA) is 85.4 Å². The Morgan fingerprint density at radius 1 is 1.03 bits per heavy atom. The fourth-order valence-corrected chi connectivity index (χ4v) is 6.05. The van der Waals surface area contributed by atoms with Crippen molar-refractivity contribution in [2.75, 3.05) is 47.1 Å². The van der Waals surface area contributed by atoms with Crippen LogP contribution in [0.25, 0.3) is 0 Å². The predicted molar refractivity (Wildman–Crippen MR) is 128 cm³/mol. The van der Waals surface area contributed by atoms with Crippen LogP contribution in [0.15, 0.2) is 47.4 Å². The monoisotopic (exact) mass is 488 g/mol. The van der Waals surface area contributed by atoms with Gasteiger partial charge in [0.25, 0.3) is 0 Å². The summed E-state index contributed by atoms with van der Waals surface area (Å²) in [6.45, 7) is 2.29. The number of likely N-dealkylation sites (tertiary alicyclic amines) is 1. The first kappa shape index (κ1) is 24.5. The first-order valence-corrected chi connectivity index (χ1v) is 13.1. The van der Waals surface area contributed by atoms with E-state index >= 15 is 0 Å². The molecule has 2 aromatic carbocycles. The van der Waals surface area contributed by atoms with E-state index in [1.165, 1.54) is 4.31 Å². The Labute approximate surface area is 201 Å². The third-order valence-electron chi connectivity index (χ3n) is 6.53. The van der Waals surface area contributed by atoms with Crippen LogP contribution < -0.4 is 9.47 Å². The first-order valence-electron chi connectivity index (χ1n) is 11.6. The highest BCUT2D eigenvalue weighted by molar-refractivity contribution is 7.89. The van der Waals surface area contributed by atoms with Crippen LogP contribution in [-0.4, -0.2) is 70.6 Å². The van der Waals surface area contributed by atoms with Gasteiger partial charge in [-0.25, -0.2) is 8.42 Å². The van der Waals surface area contributed by atoms with Gasteiger partial charge < -0.3 is 19.1 Å².